The average Bonchev–Trinajstić information content (AvgIpc) is 2.94. The van der Waals surface area contributed by atoms with E-state index in [1.54, 1.807) is 11.1 Å². The minimum Gasteiger partial charge on any atom is -0.369 e. The third-order valence-electron chi connectivity index (χ3n) is 7.51. The van der Waals surface area contributed by atoms with E-state index in [0.29, 0.717) is 18.8 Å². The van der Waals surface area contributed by atoms with E-state index in [-0.39, 0.29) is 55.0 Å². The van der Waals surface area contributed by atoms with Crippen molar-refractivity contribution in [2.24, 2.45) is 5.92 Å². The molecule has 216 valence electrons. The summed E-state index contributed by atoms with van der Waals surface area (Å²) >= 11 is 0. The number of halogens is 3. The number of anilines is 3. The molecule has 1 aromatic carbocycles. The second-order valence-electron chi connectivity index (χ2n) is 10.1. The molecular formula is C27H40Cl3N7O2. The van der Waals surface area contributed by atoms with E-state index >= 15 is 0 Å². The van der Waals surface area contributed by atoms with Gasteiger partial charge in [0.05, 0.1) is 5.92 Å². The van der Waals surface area contributed by atoms with E-state index in [1.807, 2.05) is 30.3 Å². The Bertz CT molecular complexity index is 1080. The minimum atomic E-state index is -0.230. The number of nitrogens with one attached hydrogen (secondary N) is 2. The van der Waals surface area contributed by atoms with E-state index in [1.165, 1.54) is 0 Å². The lowest BCUT2D eigenvalue weighted by atomic mass is 9.96. The summed E-state index contributed by atoms with van der Waals surface area (Å²) in [4.78, 5) is 39.6. The molecule has 12 heteroatoms. The molecular weight excluding hydrogens is 561 g/mol. The molecule has 3 aliphatic heterocycles. The van der Waals surface area contributed by atoms with E-state index in [4.69, 9.17) is 0 Å². The SMILES string of the molecule is CN1CCN(c2ccnc(C(=O)N3CCC[C@H](C(=O)Nc4cccc(N5CCNCC5)c4)C3)c2)CC1.Cl.Cl.Cl. The van der Waals surface area contributed by atoms with Crippen molar-refractivity contribution in [3.63, 3.8) is 0 Å². The number of nitrogens with zero attached hydrogens (tertiary/aromatic N) is 5. The van der Waals surface area contributed by atoms with Gasteiger partial charge in [-0.3, -0.25) is 14.6 Å². The van der Waals surface area contributed by atoms with Crippen molar-refractivity contribution in [1.82, 2.24) is 20.1 Å². The quantitative estimate of drug-likeness (QED) is 0.546. The summed E-state index contributed by atoms with van der Waals surface area (Å²) in [6, 6.07) is 11.9. The van der Waals surface area contributed by atoms with Crippen molar-refractivity contribution in [1.29, 1.82) is 0 Å². The summed E-state index contributed by atoms with van der Waals surface area (Å²) in [6.07, 6.45) is 3.31. The number of likely N-dealkylation sites (tertiary alicyclic amines) is 1. The lowest BCUT2D eigenvalue weighted by molar-refractivity contribution is -0.121. The first-order valence-corrected chi connectivity index (χ1v) is 13.1. The number of pyridine rings is 1. The predicted octanol–water partition coefficient (Wildman–Crippen LogP) is 3.00. The average molecular weight is 601 g/mol. The molecule has 0 spiro atoms. The summed E-state index contributed by atoms with van der Waals surface area (Å²) in [5, 5.41) is 6.47. The van der Waals surface area contributed by atoms with E-state index in [0.717, 1.165) is 82.3 Å². The highest BCUT2D eigenvalue weighted by Crippen LogP contribution is 2.24. The summed E-state index contributed by atoms with van der Waals surface area (Å²) in [7, 11) is 2.13. The van der Waals surface area contributed by atoms with E-state index in [9.17, 15) is 9.59 Å². The molecule has 2 N–H and O–H groups in total. The number of likely N-dealkylation sites (N-methyl/N-ethyl adjacent to an activating group) is 1. The van der Waals surface area contributed by atoms with Crippen molar-refractivity contribution < 1.29 is 9.59 Å². The highest BCUT2D eigenvalue weighted by Gasteiger charge is 2.30. The maximum Gasteiger partial charge on any atom is 0.272 e. The fourth-order valence-corrected chi connectivity index (χ4v) is 5.28. The molecule has 1 aromatic heterocycles. The standard InChI is InChI=1S/C27H37N7O2.3ClH/c1-31-14-16-33(17-15-31)24-7-8-29-25(19-24)27(36)34-11-3-4-21(20-34)26(35)30-22-5-2-6-23(18-22)32-12-9-28-10-13-32;;;/h2,5-8,18-19,21,28H,3-4,9-17,20H2,1H3,(H,30,35);3*1H/t21-;;;/m0.../s1. The first-order valence-electron chi connectivity index (χ1n) is 13.1. The molecule has 39 heavy (non-hydrogen) atoms. The molecule has 0 aliphatic carbocycles. The zero-order chi connectivity index (χ0) is 24.9. The van der Waals surface area contributed by atoms with Crippen molar-refractivity contribution in [3.8, 4) is 0 Å². The molecule has 3 fully saturated rings. The number of benzene rings is 1. The van der Waals surface area contributed by atoms with Crippen LogP contribution in [0.25, 0.3) is 0 Å². The zero-order valence-corrected chi connectivity index (χ0v) is 24.8. The second kappa shape index (κ2) is 15.5. The number of hydrogen-bond acceptors (Lipinski definition) is 7. The van der Waals surface area contributed by atoms with Crippen LogP contribution in [-0.2, 0) is 4.79 Å². The Kier molecular flexibility index (Phi) is 13.1. The molecule has 3 saturated heterocycles. The molecule has 9 nitrogen and oxygen atoms in total. The molecule has 0 saturated carbocycles. The van der Waals surface area contributed by atoms with Crippen LogP contribution in [0.2, 0.25) is 0 Å². The molecule has 2 amide bonds. The molecule has 2 aromatic rings. The number of amides is 2. The summed E-state index contributed by atoms with van der Waals surface area (Å²) in [5.41, 5.74) is 3.43. The van der Waals surface area contributed by atoms with E-state index in [2.05, 4.69) is 43.4 Å². The van der Waals surface area contributed by atoms with Crippen LogP contribution in [0.3, 0.4) is 0 Å². The highest BCUT2D eigenvalue weighted by atomic mass is 35.5. The van der Waals surface area contributed by atoms with Crippen LogP contribution in [0, 0.1) is 5.92 Å². The molecule has 4 heterocycles. The smallest absolute Gasteiger partial charge is 0.272 e. The van der Waals surface area contributed by atoms with Gasteiger partial charge in [0.15, 0.2) is 0 Å². The van der Waals surface area contributed by atoms with Gasteiger partial charge in [0, 0.05) is 88.7 Å². The summed E-state index contributed by atoms with van der Waals surface area (Å²) in [5.74, 6) is -0.348. The Morgan fingerprint density at radius 2 is 1.59 bits per heavy atom. The van der Waals surface area contributed by atoms with Crippen molar-refractivity contribution in [2.75, 3.05) is 87.6 Å². The van der Waals surface area contributed by atoms with Crippen LogP contribution in [-0.4, -0.2) is 99.1 Å². The number of rotatable bonds is 5. The Labute approximate surface area is 249 Å². The van der Waals surface area contributed by atoms with Crippen molar-refractivity contribution in [2.45, 2.75) is 12.8 Å². The number of carbonyl (C=O) groups excluding carboxylic acids is 2. The third kappa shape index (κ3) is 8.35. The maximum atomic E-state index is 13.3. The first kappa shape index (κ1) is 32.9. The zero-order valence-electron chi connectivity index (χ0n) is 22.4. The Balaban J connectivity index is 0.00000178. The number of carbonyl (C=O) groups is 2. The number of hydrogen-bond donors (Lipinski definition) is 2. The van der Waals surface area contributed by atoms with Gasteiger partial charge in [-0.1, -0.05) is 6.07 Å². The number of piperazine rings is 2. The highest BCUT2D eigenvalue weighted by molar-refractivity contribution is 5.96. The van der Waals surface area contributed by atoms with Crippen LogP contribution in [0.4, 0.5) is 17.1 Å². The molecule has 5 rings (SSSR count). The van der Waals surface area contributed by atoms with Gasteiger partial charge in [-0.2, -0.15) is 0 Å². The lowest BCUT2D eigenvalue weighted by Crippen LogP contribution is -2.45. The Morgan fingerprint density at radius 1 is 0.897 bits per heavy atom. The summed E-state index contributed by atoms with van der Waals surface area (Å²) < 4.78 is 0. The van der Waals surface area contributed by atoms with Crippen LogP contribution >= 0.6 is 37.2 Å². The van der Waals surface area contributed by atoms with Crippen molar-refractivity contribution in [3.05, 3.63) is 48.3 Å². The molecule has 3 aliphatic rings. The number of piperidine rings is 1. The van der Waals surface area contributed by atoms with Gasteiger partial charge in [-0.25, -0.2) is 0 Å². The van der Waals surface area contributed by atoms with Gasteiger partial charge in [-0.05, 0) is 50.2 Å². The second-order valence-corrected chi connectivity index (χ2v) is 10.1. The fraction of sp³-hybridized carbons (Fsp3) is 0.519. The molecule has 1 atom stereocenters. The minimum absolute atomic E-state index is 0. The first-order chi connectivity index (χ1) is 17.6. The monoisotopic (exact) mass is 599 g/mol. The number of aromatic nitrogens is 1. The largest absolute Gasteiger partial charge is 0.369 e. The Hall–Kier alpha value is -2.30. The van der Waals surface area contributed by atoms with Crippen LogP contribution < -0.4 is 20.4 Å². The van der Waals surface area contributed by atoms with Crippen LogP contribution in [0.5, 0.6) is 0 Å². The van der Waals surface area contributed by atoms with Gasteiger partial charge in [0.1, 0.15) is 5.69 Å². The van der Waals surface area contributed by atoms with Crippen molar-refractivity contribution >= 4 is 66.1 Å². The normalized spacial score (nSPS) is 19.7. The van der Waals surface area contributed by atoms with Gasteiger partial charge in [0.2, 0.25) is 5.91 Å². The van der Waals surface area contributed by atoms with Gasteiger partial charge in [0.25, 0.3) is 5.91 Å². The fourth-order valence-electron chi connectivity index (χ4n) is 5.28. The lowest BCUT2D eigenvalue weighted by Gasteiger charge is -2.34. The van der Waals surface area contributed by atoms with E-state index < -0.39 is 0 Å². The molecule has 0 bridgehead atoms. The van der Waals surface area contributed by atoms with Gasteiger partial charge >= 0.3 is 0 Å². The van der Waals surface area contributed by atoms with Gasteiger partial charge in [-0.15, -0.1) is 37.2 Å². The van der Waals surface area contributed by atoms with Gasteiger partial charge < -0.3 is 30.2 Å². The Morgan fingerprint density at radius 3 is 2.33 bits per heavy atom. The maximum absolute atomic E-state index is 13.3. The molecule has 0 unspecified atom stereocenters. The van der Waals surface area contributed by atoms with Crippen LogP contribution in [0.1, 0.15) is 23.3 Å². The van der Waals surface area contributed by atoms with Crippen LogP contribution in [0.15, 0.2) is 42.6 Å². The topological polar surface area (TPSA) is 84.0 Å². The summed E-state index contributed by atoms with van der Waals surface area (Å²) in [6.45, 7) is 8.82. The third-order valence-corrected chi connectivity index (χ3v) is 7.51. The predicted molar refractivity (Wildman–Crippen MR) is 164 cm³/mol. The molecule has 0 radical (unpaired) electrons.